The van der Waals surface area contributed by atoms with Gasteiger partial charge in [-0.05, 0) is 74.1 Å². The van der Waals surface area contributed by atoms with E-state index in [1.807, 2.05) is 24.3 Å². The van der Waals surface area contributed by atoms with Crippen LogP contribution in [0.2, 0.25) is 0 Å². The lowest BCUT2D eigenvalue weighted by Crippen LogP contribution is -2.41. The summed E-state index contributed by atoms with van der Waals surface area (Å²) in [6.45, 7) is 0.343. The Kier molecular flexibility index (Phi) is 6.45. The molecule has 0 atom stereocenters. The molecule has 0 aliphatic heterocycles. The molecule has 0 spiro atoms. The van der Waals surface area contributed by atoms with Crippen LogP contribution < -0.4 is 21.3 Å². The number of fused-ring (bicyclic) bond motifs is 1. The second kappa shape index (κ2) is 9.85. The zero-order valence-corrected chi connectivity index (χ0v) is 20.3. The maximum absolute atomic E-state index is 13.1. The average molecular weight is 489 g/mol. The number of nitrogens with one attached hydrogen (secondary N) is 1. The van der Waals surface area contributed by atoms with Gasteiger partial charge in [0, 0.05) is 30.8 Å². The summed E-state index contributed by atoms with van der Waals surface area (Å²) in [5.74, 6) is 1.15. The topological polar surface area (TPSA) is 108 Å². The van der Waals surface area contributed by atoms with Crippen LogP contribution in [0.15, 0.2) is 68.9 Å². The summed E-state index contributed by atoms with van der Waals surface area (Å²) in [6, 6.07) is 12.5. The smallest absolute Gasteiger partial charge is 0.331 e. The van der Waals surface area contributed by atoms with Gasteiger partial charge in [-0.1, -0.05) is 0 Å². The van der Waals surface area contributed by atoms with Crippen LogP contribution in [0.5, 0.6) is 5.75 Å². The van der Waals surface area contributed by atoms with Crippen molar-refractivity contribution < 1.29 is 13.9 Å². The number of oxazole rings is 1. The first-order valence-corrected chi connectivity index (χ1v) is 12.0. The number of carbonyl (C=O) groups is 1. The molecule has 5 rings (SSSR count). The van der Waals surface area contributed by atoms with E-state index < -0.39 is 0 Å². The molecule has 186 valence electrons. The monoisotopic (exact) mass is 488 g/mol. The number of hydrogen-bond acceptors (Lipinski definition) is 6. The molecule has 9 heteroatoms. The van der Waals surface area contributed by atoms with E-state index in [-0.39, 0.29) is 29.0 Å². The van der Waals surface area contributed by atoms with Crippen LogP contribution in [0, 0.1) is 11.8 Å². The molecule has 0 unspecified atom stereocenters. The summed E-state index contributed by atoms with van der Waals surface area (Å²) in [7, 11) is 3.22. The van der Waals surface area contributed by atoms with Gasteiger partial charge in [0.15, 0.2) is 0 Å². The first kappa shape index (κ1) is 23.6. The molecule has 2 heterocycles. The minimum Gasteiger partial charge on any atom is -0.497 e. The predicted molar refractivity (Wildman–Crippen MR) is 136 cm³/mol. The van der Waals surface area contributed by atoms with E-state index in [2.05, 4.69) is 10.3 Å². The fourth-order valence-corrected chi connectivity index (χ4v) is 4.96. The van der Waals surface area contributed by atoms with Crippen molar-refractivity contribution in [1.29, 1.82) is 0 Å². The fraction of sp³-hybridized carbons (Fsp3) is 0.333. The number of carbonyl (C=O) groups excluding carboxylic acids is 1. The van der Waals surface area contributed by atoms with Crippen LogP contribution >= 0.6 is 0 Å². The Morgan fingerprint density at radius 3 is 2.53 bits per heavy atom. The van der Waals surface area contributed by atoms with Gasteiger partial charge < -0.3 is 14.5 Å². The Hall–Kier alpha value is -4.14. The van der Waals surface area contributed by atoms with Crippen molar-refractivity contribution in [2.45, 2.75) is 32.2 Å². The second-order valence-electron chi connectivity index (χ2n) is 9.26. The lowest BCUT2D eigenvalue weighted by Gasteiger charge is -2.28. The Labute approximate surface area is 207 Å². The molecule has 2 aromatic heterocycles. The normalized spacial score (nSPS) is 17.7. The SMILES string of the molecule is COc1ccc2c(c1)c(=O)n(CC1CCC(C(=O)Nc3ccc(-c4ncco4)cc3)CC1)c(=O)n2C. The Bertz CT molecular complexity index is 1490. The highest BCUT2D eigenvalue weighted by Crippen LogP contribution is 2.31. The van der Waals surface area contributed by atoms with E-state index in [0.29, 0.717) is 41.9 Å². The third kappa shape index (κ3) is 4.56. The van der Waals surface area contributed by atoms with Crippen LogP contribution in [0.25, 0.3) is 22.4 Å². The zero-order valence-electron chi connectivity index (χ0n) is 20.3. The van der Waals surface area contributed by atoms with Crippen LogP contribution in [0.4, 0.5) is 5.69 Å². The molecule has 4 aromatic rings. The minimum absolute atomic E-state index is 0.0109. The first-order chi connectivity index (χ1) is 17.4. The standard InChI is InChI=1S/C27H28N4O5/c1-30-23-12-11-21(35-2)15-22(23)26(33)31(27(30)34)16-17-3-5-18(6-4-17)24(32)29-20-9-7-19(8-10-20)25-28-13-14-36-25/h7-15,17-18H,3-6,16H2,1-2H3,(H,29,32). The number of amides is 1. The molecule has 1 amide bonds. The Balaban J connectivity index is 1.23. The molecule has 1 aliphatic rings. The van der Waals surface area contributed by atoms with Crippen molar-refractivity contribution in [3.05, 3.63) is 75.8 Å². The lowest BCUT2D eigenvalue weighted by atomic mass is 9.81. The molecular formula is C27H28N4O5. The van der Waals surface area contributed by atoms with Gasteiger partial charge in [0.1, 0.15) is 12.0 Å². The molecule has 1 aliphatic carbocycles. The predicted octanol–water partition coefficient (Wildman–Crippen LogP) is 3.81. The maximum atomic E-state index is 13.1. The van der Waals surface area contributed by atoms with Crippen LogP contribution in [-0.4, -0.2) is 27.1 Å². The number of methoxy groups -OCH3 is 1. The summed E-state index contributed by atoms with van der Waals surface area (Å²) < 4.78 is 13.4. The number of nitrogens with zero attached hydrogens (tertiary/aromatic N) is 3. The fourth-order valence-electron chi connectivity index (χ4n) is 4.96. The van der Waals surface area contributed by atoms with E-state index in [1.165, 1.54) is 15.4 Å². The molecule has 0 radical (unpaired) electrons. The quantitative estimate of drug-likeness (QED) is 0.442. The molecule has 0 bridgehead atoms. The third-order valence-corrected chi connectivity index (χ3v) is 7.05. The summed E-state index contributed by atoms with van der Waals surface area (Å²) in [5, 5.41) is 3.45. The molecule has 0 saturated heterocycles. The van der Waals surface area contributed by atoms with Crippen molar-refractivity contribution in [2.75, 3.05) is 12.4 Å². The van der Waals surface area contributed by atoms with Crippen LogP contribution in [0.3, 0.4) is 0 Å². The highest BCUT2D eigenvalue weighted by molar-refractivity contribution is 5.92. The maximum Gasteiger partial charge on any atom is 0.331 e. The highest BCUT2D eigenvalue weighted by atomic mass is 16.5. The van der Waals surface area contributed by atoms with Crippen LogP contribution in [-0.2, 0) is 18.4 Å². The van der Waals surface area contributed by atoms with Crippen LogP contribution in [0.1, 0.15) is 25.7 Å². The lowest BCUT2D eigenvalue weighted by molar-refractivity contribution is -0.121. The summed E-state index contributed by atoms with van der Waals surface area (Å²) in [6.07, 6.45) is 6.07. The van der Waals surface area contributed by atoms with E-state index in [1.54, 1.807) is 38.6 Å². The number of hydrogen-bond donors (Lipinski definition) is 1. The Morgan fingerprint density at radius 2 is 1.86 bits per heavy atom. The zero-order chi connectivity index (χ0) is 25.2. The molecule has 2 aromatic carbocycles. The number of aromatic nitrogens is 3. The van der Waals surface area contributed by atoms with E-state index in [9.17, 15) is 14.4 Å². The summed E-state index contributed by atoms with van der Waals surface area (Å²) >= 11 is 0. The van der Waals surface area contributed by atoms with Gasteiger partial charge in [-0.3, -0.25) is 18.7 Å². The molecule has 1 saturated carbocycles. The first-order valence-electron chi connectivity index (χ1n) is 12.0. The van der Waals surface area contributed by atoms with Crippen molar-refractivity contribution in [2.24, 2.45) is 18.9 Å². The number of anilines is 1. The van der Waals surface area contributed by atoms with E-state index in [0.717, 1.165) is 24.1 Å². The molecular weight excluding hydrogens is 460 g/mol. The van der Waals surface area contributed by atoms with Gasteiger partial charge >= 0.3 is 5.69 Å². The molecule has 1 N–H and O–H groups in total. The van der Waals surface area contributed by atoms with Crippen molar-refractivity contribution in [1.82, 2.24) is 14.1 Å². The molecule has 9 nitrogen and oxygen atoms in total. The molecule has 36 heavy (non-hydrogen) atoms. The van der Waals surface area contributed by atoms with Gasteiger partial charge in [-0.15, -0.1) is 0 Å². The van der Waals surface area contributed by atoms with Crippen molar-refractivity contribution in [3.8, 4) is 17.2 Å². The van der Waals surface area contributed by atoms with E-state index >= 15 is 0 Å². The number of ether oxygens (including phenoxy) is 1. The number of aryl methyl sites for hydroxylation is 1. The van der Waals surface area contributed by atoms with Crippen molar-refractivity contribution in [3.63, 3.8) is 0 Å². The van der Waals surface area contributed by atoms with Gasteiger partial charge in [0.2, 0.25) is 11.8 Å². The summed E-state index contributed by atoms with van der Waals surface area (Å²) in [4.78, 5) is 43.0. The van der Waals surface area contributed by atoms with Crippen molar-refractivity contribution >= 4 is 22.5 Å². The summed E-state index contributed by atoms with van der Waals surface area (Å²) in [5.41, 5.74) is 1.51. The van der Waals surface area contributed by atoms with E-state index in [4.69, 9.17) is 9.15 Å². The highest BCUT2D eigenvalue weighted by Gasteiger charge is 2.27. The molecule has 1 fully saturated rings. The largest absolute Gasteiger partial charge is 0.497 e. The van der Waals surface area contributed by atoms with Gasteiger partial charge in [0.05, 0.1) is 24.2 Å². The second-order valence-corrected chi connectivity index (χ2v) is 9.26. The third-order valence-electron chi connectivity index (χ3n) is 7.05. The minimum atomic E-state index is -0.328. The average Bonchev–Trinajstić information content (AvgIpc) is 3.45. The number of benzene rings is 2. The van der Waals surface area contributed by atoms with Gasteiger partial charge in [0.25, 0.3) is 5.56 Å². The van der Waals surface area contributed by atoms with Gasteiger partial charge in [-0.2, -0.15) is 0 Å². The Morgan fingerprint density at radius 1 is 1.11 bits per heavy atom. The number of rotatable bonds is 6. The van der Waals surface area contributed by atoms with Gasteiger partial charge in [-0.25, -0.2) is 9.78 Å².